The first-order chi connectivity index (χ1) is 12.6. The highest BCUT2D eigenvalue weighted by molar-refractivity contribution is 5.91. The molecule has 0 fully saturated rings. The van der Waals surface area contributed by atoms with Gasteiger partial charge in [-0.05, 0) is 50.1 Å². The number of anilines is 1. The number of benzene rings is 2. The molecule has 2 aromatic rings. The summed E-state index contributed by atoms with van der Waals surface area (Å²) in [5.74, 6) is -0.789. The number of hydrogen-bond donors (Lipinski definition) is 1. The number of nitrogens with one attached hydrogen (secondary N) is 1. The minimum Gasteiger partial charge on any atom is -0.452 e. The van der Waals surface area contributed by atoms with E-state index >= 15 is 0 Å². The molecule has 1 N–H and O–H groups in total. The van der Waals surface area contributed by atoms with Gasteiger partial charge in [0.05, 0.1) is 5.56 Å². The monoisotopic (exact) mass is 354 g/mol. The summed E-state index contributed by atoms with van der Waals surface area (Å²) >= 11 is 0. The molecule has 138 valence electrons. The van der Waals surface area contributed by atoms with E-state index in [0.29, 0.717) is 12.1 Å². The highest BCUT2D eigenvalue weighted by atomic mass is 16.5. The molecule has 1 amide bonds. The van der Waals surface area contributed by atoms with Gasteiger partial charge in [0.15, 0.2) is 6.61 Å². The molecule has 0 heterocycles. The summed E-state index contributed by atoms with van der Waals surface area (Å²) in [5.41, 5.74) is 2.65. The van der Waals surface area contributed by atoms with E-state index in [1.165, 1.54) is 0 Å². The standard InChI is InChI=1S/C21H26N2O3/c1-3-23(4-2)19-12-10-18(11-13-19)21(25)26-16-20(24)22-15-14-17-8-6-5-7-9-17/h5-13H,3-4,14-16H2,1-2H3,(H,22,24). The van der Waals surface area contributed by atoms with Gasteiger partial charge in [-0.25, -0.2) is 4.79 Å². The first-order valence-corrected chi connectivity index (χ1v) is 8.96. The van der Waals surface area contributed by atoms with E-state index in [2.05, 4.69) is 24.1 Å². The fraction of sp³-hybridized carbons (Fsp3) is 0.333. The Morgan fingerprint density at radius 3 is 2.23 bits per heavy atom. The van der Waals surface area contributed by atoms with Crippen molar-refractivity contribution < 1.29 is 14.3 Å². The van der Waals surface area contributed by atoms with E-state index < -0.39 is 5.97 Å². The van der Waals surface area contributed by atoms with Crippen molar-refractivity contribution in [3.05, 3.63) is 65.7 Å². The lowest BCUT2D eigenvalue weighted by Gasteiger charge is -2.20. The van der Waals surface area contributed by atoms with Crippen LogP contribution >= 0.6 is 0 Å². The minimum atomic E-state index is -0.491. The molecular formula is C21H26N2O3. The molecule has 5 nitrogen and oxygen atoms in total. The van der Waals surface area contributed by atoms with Crippen LogP contribution in [0.4, 0.5) is 5.69 Å². The third-order valence-electron chi connectivity index (χ3n) is 4.14. The number of carbonyl (C=O) groups excluding carboxylic acids is 2. The van der Waals surface area contributed by atoms with Gasteiger partial charge in [0, 0.05) is 25.3 Å². The van der Waals surface area contributed by atoms with Crippen molar-refractivity contribution in [1.29, 1.82) is 0 Å². The molecule has 5 heteroatoms. The van der Waals surface area contributed by atoms with E-state index in [1.54, 1.807) is 12.1 Å². The Bertz CT molecular complexity index is 695. The van der Waals surface area contributed by atoms with Crippen LogP contribution in [0.2, 0.25) is 0 Å². The van der Waals surface area contributed by atoms with Gasteiger partial charge < -0.3 is 15.0 Å². The average molecular weight is 354 g/mol. The van der Waals surface area contributed by atoms with Crippen molar-refractivity contribution in [2.75, 3.05) is 31.1 Å². The Hall–Kier alpha value is -2.82. The smallest absolute Gasteiger partial charge is 0.338 e. The van der Waals surface area contributed by atoms with Gasteiger partial charge in [-0.3, -0.25) is 4.79 Å². The third-order valence-corrected chi connectivity index (χ3v) is 4.14. The fourth-order valence-electron chi connectivity index (χ4n) is 2.65. The van der Waals surface area contributed by atoms with E-state index in [1.807, 2.05) is 42.5 Å². The van der Waals surface area contributed by atoms with E-state index in [-0.39, 0.29) is 12.5 Å². The predicted molar refractivity (Wildman–Crippen MR) is 103 cm³/mol. The second kappa shape index (κ2) is 10.2. The molecular weight excluding hydrogens is 328 g/mol. The molecule has 0 aliphatic heterocycles. The normalized spacial score (nSPS) is 10.2. The SMILES string of the molecule is CCN(CC)c1ccc(C(=O)OCC(=O)NCCc2ccccc2)cc1. The summed E-state index contributed by atoms with van der Waals surface area (Å²) in [6.07, 6.45) is 0.743. The number of nitrogens with zero attached hydrogens (tertiary/aromatic N) is 1. The average Bonchev–Trinajstić information content (AvgIpc) is 2.68. The predicted octanol–water partition coefficient (Wildman–Crippen LogP) is 3.05. The summed E-state index contributed by atoms with van der Waals surface area (Å²) in [4.78, 5) is 26.0. The van der Waals surface area contributed by atoms with Crippen molar-refractivity contribution in [3.63, 3.8) is 0 Å². The zero-order valence-corrected chi connectivity index (χ0v) is 15.4. The molecule has 0 aliphatic rings. The lowest BCUT2D eigenvalue weighted by Crippen LogP contribution is -2.30. The maximum Gasteiger partial charge on any atom is 0.338 e. The van der Waals surface area contributed by atoms with Crippen molar-refractivity contribution in [2.45, 2.75) is 20.3 Å². The van der Waals surface area contributed by atoms with Gasteiger partial charge in [-0.2, -0.15) is 0 Å². The van der Waals surface area contributed by atoms with Crippen molar-refractivity contribution in [1.82, 2.24) is 5.32 Å². The molecule has 0 aromatic heterocycles. The third kappa shape index (κ3) is 5.92. The van der Waals surface area contributed by atoms with Crippen LogP contribution in [0.5, 0.6) is 0 Å². The molecule has 2 aromatic carbocycles. The van der Waals surface area contributed by atoms with Crippen molar-refractivity contribution in [2.24, 2.45) is 0 Å². The van der Waals surface area contributed by atoms with Gasteiger partial charge in [-0.1, -0.05) is 30.3 Å². The Kier molecular flexibility index (Phi) is 7.68. The van der Waals surface area contributed by atoms with Crippen LogP contribution in [0.1, 0.15) is 29.8 Å². The first kappa shape index (κ1) is 19.5. The molecule has 0 unspecified atom stereocenters. The molecule has 0 radical (unpaired) electrons. The molecule has 2 rings (SSSR count). The zero-order chi connectivity index (χ0) is 18.8. The van der Waals surface area contributed by atoms with E-state index in [4.69, 9.17) is 4.74 Å². The van der Waals surface area contributed by atoms with Crippen LogP contribution in [0.25, 0.3) is 0 Å². The van der Waals surface area contributed by atoms with Crippen molar-refractivity contribution in [3.8, 4) is 0 Å². The van der Waals surface area contributed by atoms with E-state index in [0.717, 1.165) is 30.8 Å². The molecule has 0 saturated carbocycles. The Balaban J connectivity index is 1.74. The van der Waals surface area contributed by atoms with Crippen LogP contribution in [0.3, 0.4) is 0 Å². The number of hydrogen-bond acceptors (Lipinski definition) is 4. The number of ether oxygens (including phenoxy) is 1. The van der Waals surface area contributed by atoms with Gasteiger partial charge in [0.25, 0.3) is 5.91 Å². The quantitative estimate of drug-likeness (QED) is 0.703. The topological polar surface area (TPSA) is 58.6 Å². The van der Waals surface area contributed by atoms with Crippen LogP contribution in [0, 0.1) is 0 Å². The minimum absolute atomic E-state index is 0.272. The Labute approximate surface area is 155 Å². The largest absolute Gasteiger partial charge is 0.452 e. The number of amides is 1. The van der Waals surface area contributed by atoms with Gasteiger partial charge in [0.2, 0.25) is 0 Å². The second-order valence-electron chi connectivity index (χ2n) is 5.88. The molecule has 0 bridgehead atoms. The summed E-state index contributed by atoms with van der Waals surface area (Å²) in [6, 6.07) is 17.1. The highest BCUT2D eigenvalue weighted by Crippen LogP contribution is 2.15. The highest BCUT2D eigenvalue weighted by Gasteiger charge is 2.11. The first-order valence-electron chi connectivity index (χ1n) is 8.96. The Morgan fingerprint density at radius 2 is 1.62 bits per heavy atom. The van der Waals surface area contributed by atoms with Crippen LogP contribution < -0.4 is 10.2 Å². The lowest BCUT2D eigenvalue weighted by atomic mass is 10.1. The van der Waals surface area contributed by atoms with Gasteiger partial charge in [0.1, 0.15) is 0 Å². The van der Waals surface area contributed by atoms with Crippen LogP contribution in [-0.4, -0.2) is 38.1 Å². The van der Waals surface area contributed by atoms with Crippen molar-refractivity contribution >= 4 is 17.6 Å². The molecule has 0 atom stereocenters. The summed E-state index contributed by atoms with van der Waals surface area (Å²) in [7, 11) is 0. The van der Waals surface area contributed by atoms with Gasteiger partial charge in [-0.15, -0.1) is 0 Å². The summed E-state index contributed by atoms with van der Waals surface area (Å²) in [5, 5.41) is 2.75. The fourth-order valence-corrected chi connectivity index (χ4v) is 2.65. The Morgan fingerprint density at radius 1 is 0.962 bits per heavy atom. The summed E-state index contributed by atoms with van der Waals surface area (Å²) < 4.78 is 5.08. The molecule has 0 saturated heterocycles. The molecule has 0 aliphatic carbocycles. The van der Waals surface area contributed by atoms with Crippen LogP contribution in [0.15, 0.2) is 54.6 Å². The van der Waals surface area contributed by atoms with Crippen LogP contribution in [-0.2, 0) is 16.0 Å². The zero-order valence-electron chi connectivity index (χ0n) is 15.4. The molecule has 0 spiro atoms. The summed E-state index contributed by atoms with van der Waals surface area (Å²) in [6.45, 7) is 6.22. The number of rotatable bonds is 9. The number of carbonyl (C=O) groups is 2. The molecule has 26 heavy (non-hydrogen) atoms. The number of esters is 1. The maximum absolute atomic E-state index is 12.0. The lowest BCUT2D eigenvalue weighted by molar-refractivity contribution is -0.124. The van der Waals surface area contributed by atoms with E-state index in [9.17, 15) is 9.59 Å². The second-order valence-corrected chi connectivity index (χ2v) is 5.88. The van der Waals surface area contributed by atoms with Gasteiger partial charge >= 0.3 is 5.97 Å². The maximum atomic E-state index is 12.0.